The van der Waals surface area contributed by atoms with Crippen LogP contribution in [-0.4, -0.2) is 37.9 Å². The smallest absolute Gasteiger partial charge is 0.325 e. The van der Waals surface area contributed by atoms with Crippen molar-refractivity contribution in [2.24, 2.45) is 0 Å². The van der Waals surface area contributed by atoms with Crippen LogP contribution in [-0.2, 0) is 14.3 Å². The maximum Gasteiger partial charge on any atom is 0.325 e. The second-order valence-corrected chi connectivity index (χ2v) is 4.84. The van der Waals surface area contributed by atoms with Crippen molar-refractivity contribution in [2.45, 2.75) is 58.5 Å². The van der Waals surface area contributed by atoms with E-state index in [2.05, 4.69) is 12.2 Å². The Morgan fingerprint density at radius 2 is 2.00 bits per heavy atom. The van der Waals surface area contributed by atoms with Crippen LogP contribution in [0.1, 0.15) is 47.0 Å². The van der Waals surface area contributed by atoms with Crippen LogP contribution in [0.25, 0.3) is 0 Å². The van der Waals surface area contributed by atoms with Crippen molar-refractivity contribution in [3.8, 4) is 0 Å². The van der Waals surface area contributed by atoms with Crippen LogP contribution in [0.5, 0.6) is 0 Å². The lowest BCUT2D eigenvalue weighted by molar-refractivity contribution is -0.149. The molecule has 0 radical (unpaired) electrons. The van der Waals surface area contributed by atoms with Crippen molar-refractivity contribution in [1.29, 1.82) is 0 Å². The average molecular weight is 245 g/mol. The van der Waals surface area contributed by atoms with E-state index in [0.29, 0.717) is 13.0 Å². The summed E-state index contributed by atoms with van der Waals surface area (Å²) >= 11 is 0. The molecule has 0 aromatic carbocycles. The zero-order chi connectivity index (χ0) is 13.3. The number of rotatable bonds is 9. The summed E-state index contributed by atoms with van der Waals surface area (Å²) in [5, 5.41) is 3.24. The van der Waals surface area contributed by atoms with Crippen molar-refractivity contribution in [3.63, 3.8) is 0 Å². The molecular weight excluding hydrogens is 218 g/mol. The Hall–Kier alpha value is -0.610. The first-order chi connectivity index (χ1) is 7.96. The van der Waals surface area contributed by atoms with Crippen LogP contribution < -0.4 is 5.32 Å². The third kappa shape index (κ3) is 6.64. The molecule has 0 amide bonds. The molecule has 4 nitrogen and oxygen atoms in total. The maximum absolute atomic E-state index is 11.7. The monoisotopic (exact) mass is 245 g/mol. The quantitative estimate of drug-likeness (QED) is 0.499. The van der Waals surface area contributed by atoms with E-state index < -0.39 is 5.54 Å². The topological polar surface area (TPSA) is 47.6 Å². The van der Waals surface area contributed by atoms with Crippen LogP contribution in [0.15, 0.2) is 0 Å². The molecule has 0 aromatic heterocycles. The molecule has 17 heavy (non-hydrogen) atoms. The number of ether oxygens (including phenoxy) is 2. The number of unbranched alkanes of at least 4 members (excludes halogenated alkanes) is 1. The molecule has 0 saturated carbocycles. The Morgan fingerprint density at radius 1 is 1.35 bits per heavy atom. The van der Waals surface area contributed by atoms with Gasteiger partial charge in [0, 0.05) is 19.3 Å². The van der Waals surface area contributed by atoms with Crippen LogP contribution >= 0.6 is 0 Å². The molecule has 4 heteroatoms. The molecule has 1 atom stereocenters. The number of nitrogens with one attached hydrogen (secondary N) is 1. The van der Waals surface area contributed by atoms with E-state index in [9.17, 15) is 4.79 Å². The molecule has 0 aliphatic rings. The normalized spacial score (nSPS) is 14.7. The maximum atomic E-state index is 11.7. The SMILES string of the molecule is CCCCOCCC(C)(NC(C)C)C(=O)OC. The van der Waals surface area contributed by atoms with Crippen molar-refractivity contribution < 1.29 is 14.3 Å². The summed E-state index contributed by atoms with van der Waals surface area (Å²) < 4.78 is 10.3. The third-order valence-electron chi connectivity index (χ3n) is 2.63. The van der Waals surface area contributed by atoms with Gasteiger partial charge in [0.15, 0.2) is 0 Å². The fourth-order valence-corrected chi connectivity index (χ4v) is 1.72. The molecule has 0 spiro atoms. The molecular formula is C13H27NO3. The van der Waals surface area contributed by atoms with E-state index in [1.165, 1.54) is 7.11 Å². The van der Waals surface area contributed by atoms with E-state index in [0.717, 1.165) is 19.4 Å². The van der Waals surface area contributed by atoms with Gasteiger partial charge in [-0.25, -0.2) is 0 Å². The summed E-state index contributed by atoms with van der Waals surface area (Å²) in [4.78, 5) is 11.7. The van der Waals surface area contributed by atoms with Gasteiger partial charge in [-0.05, 0) is 33.6 Å². The molecule has 0 aliphatic heterocycles. The highest BCUT2D eigenvalue weighted by molar-refractivity contribution is 5.80. The largest absolute Gasteiger partial charge is 0.468 e. The number of methoxy groups -OCH3 is 1. The number of hydrogen-bond donors (Lipinski definition) is 1. The van der Waals surface area contributed by atoms with Gasteiger partial charge in [-0.1, -0.05) is 13.3 Å². The van der Waals surface area contributed by atoms with Crippen LogP contribution in [0.3, 0.4) is 0 Å². The first-order valence-electron chi connectivity index (χ1n) is 6.40. The minimum atomic E-state index is -0.658. The van der Waals surface area contributed by atoms with Gasteiger partial charge in [0.05, 0.1) is 7.11 Å². The predicted octanol–water partition coefficient (Wildman–Crippen LogP) is 2.12. The van der Waals surface area contributed by atoms with Crippen molar-refractivity contribution in [2.75, 3.05) is 20.3 Å². The van der Waals surface area contributed by atoms with Gasteiger partial charge in [-0.15, -0.1) is 0 Å². The average Bonchev–Trinajstić information content (AvgIpc) is 2.26. The minimum absolute atomic E-state index is 0.231. The fourth-order valence-electron chi connectivity index (χ4n) is 1.72. The van der Waals surface area contributed by atoms with Crippen molar-refractivity contribution >= 4 is 5.97 Å². The highest BCUT2D eigenvalue weighted by atomic mass is 16.5. The lowest BCUT2D eigenvalue weighted by Gasteiger charge is -2.30. The van der Waals surface area contributed by atoms with Crippen LogP contribution in [0, 0.1) is 0 Å². The molecule has 0 fully saturated rings. The van der Waals surface area contributed by atoms with E-state index in [1.807, 2.05) is 20.8 Å². The van der Waals surface area contributed by atoms with Gasteiger partial charge >= 0.3 is 5.97 Å². The molecule has 0 heterocycles. The summed E-state index contributed by atoms with van der Waals surface area (Å²) in [7, 11) is 1.42. The van der Waals surface area contributed by atoms with Crippen molar-refractivity contribution in [3.05, 3.63) is 0 Å². The lowest BCUT2D eigenvalue weighted by Crippen LogP contribution is -2.53. The van der Waals surface area contributed by atoms with Crippen LogP contribution in [0.2, 0.25) is 0 Å². The second kappa shape index (κ2) is 8.48. The van der Waals surface area contributed by atoms with Crippen LogP contribution in [0.4, 0.5) is 0 Å². The first-order valence-corrected chi connectivity index (χ1v) is 6.40. The van der Waals surface area contributed by atoms with Gasteiger partial charge in [0.1, 0.15) is 5.54 Å². The fraction of sp³-hybridized carbons (Fsp3) is 0.923. The summed E-state index contributed by atoms with van der Waals surface area (Å²) in [5.74, 6) is -0.231. The minimum Gasteiger partial charge on any atom is -0.468 e. The van der Waals surface area contributed by atoms with Crippen molar-refractivity contribution in [1.82, 2.24) is 5.32 Å². The summed E-state index contributed by atoms with van der Waals surface area (Å²) in [5.41, 5.74) is -0.658. The highest BCUT2D eigenvalue weighted by Crippen LogP contribution is 2.13. The number of carbonyl (C=O) groups is 1. The Balaban J connectivity index is 4.15. The Bertz CT molecular complexity index is 219. The van der Waals surface area contributed by atoms with Gasteiger partial charge in [0.25, 0.3) is 0 Å². The zero-order valence-corrected chi connectivity index (χ0v) is 11.8. The molecule has 0 bridgehead atoms. The molecule has 102 valence electrons. The molecule has 0 aliphatic carbocycles. The standard InChI is InChI=1S/C13H27NO3/c1-6-7-9-17-10-8-13(4,12(15)16-5)14-11(2)3/h11,14H,6-10H2,1-5H3. The summed E-state index contributed by atoms with van der Waals surface area (Å²) in [6.45, 7) is 9.35. The molecule has 1 N–H and O–H groups in total. The van der Waals surface area contributed by atoms with Gasteiger partial charge in [0.2, 0.25) is 0 Å². The van der Waals surface area contributed by atoms with E-state index in [4.69, 9.17) is 9.47 Å². The number of esters is 1. The van der Waals surface area contributed by atoms with Gasteiger partial charge < -0.3 is 9.47 Å². The predicted molar refractivity (Wildman–Crippen MR) is 69.0 cm³/mol. The Kier molecular flexibility index (Phi) is 8.17. The molecule has 0 saturated heterocycles. The molecule has 0 rings (SSSR count). The number of carbonyl (C=O) groups excluding carboxylic acids is 1. The first kappa shape index (κ1) is 16.4. The molecule has 0 aromatic rings. The third-order valence-corrected chi connectivity index (χ3v) is 2.63. The second-order valence-electron chi connectivity index (χ2n) is 4.84. The van der Waals surface area contributed by atoms with E-state index in [-0.39, 0.29) is 12.0 Å². The number of hydrogen-bond acceptors (Lipinski definition) is 4. The van der Waals surface area contributed by atoms with E-state index in [1.54, 1.807) is 0 Å². The Labute approximate surface area is 105 Å². The highest BCUT2D eigenvalue weighted by Gasteiger charge is 2.34. The van der Waals surface area contributed by atoms with Gasteiger partial charge in [-0.2, -0.15) is 0 Å². The van der Waals surface area contributed by atoms with Gasteiger partial charge in [-0.3, -0.25) is 10.1 Å². The Morgan fingerprint density at radius 3 is 2.47 bits per heavy atom. The van der Waals surface area contributed by atoms with E-state index >= 15 is 0 Å². The summed E-state index contributed by atoms with van der Waals surface area (Å²) in [6, 6.07) is 0.231. The lowest BCUT2D eigenvalue weighted by atomic mass is 9.97. The zero-order valence-electron chi connectivity index (χ0n) is 11.8. The summed E-state index contributed by atoms with van der Waals surface area (Å²) in [6.07, 6.45) is 2.81. The molecule has 1 unspecified atom stereocenters.